The number of hydrogen-bond donors (Lipinski definition) is 0. The first-order valence-corrected chi connectivity index (χ1v) is 8.71. The zero-order chi connectivity index (χ0) is 14.0. The van der Waals surface area contributed by atoms with Crippen molar-refractivity contribution in [2.24, 2.45) is 0 Å². The lowest BCUT2D eigenvalue weighted by molar-refractivity contribution is 0.809. The molecule has 0 saturated carbocycles. The predicted molar refractivity (Wildman–Crippen MR) is 92.2 cm³/mol. The van der Waals surface area contributed by atoms with Crippen molar-refractivity contribution in [1.29, 1.82) is 0 Å². The predicted octanol–water partition coefficient (Wildman–Crippen LogP) is 6.60. The first-order chi connectivity index (χ1) is 9.88. The Kier molecular flexibility index (Phi) is 6.82. The zero-order valence-corrected chi connectivity index (χ0v) is 13.4. The summed E-state index contributed by atoms with van der Waals surface area (Å²) in [5.74, 6) is 0. The van der Waals surface area contributed by atoms with E-state index in [4.69, 9.17) is 0 Å². The Morgan fingerprint density at radius 2 is 1.50 bits per heavy atom. The first kappa shape index (κ1) is 15.3. The van der Waals surface area contributed by atoms with Gasteiger partial charge >= 0.3 is 0 Å². The molecule has 0 unspecified atom stereocenters. The highest BCUT2D eigenvalue weighted by atomic mass is 32.2. The van der Waals surface area contributed by atoms with Gasteiger partial charge in [0.15, 0.2) is 0 Å². The Labute approximate surface area is 130 Å². The van der Waals surface area contributed by atoms with E-state index in [0.717, 1.165) is 6.42 Å². The Balaban J connectivity index is 2.02. The number of hydrogen-bond acceptors (Lipinski definition) is 2. The van der Waals surface area contributed by atoms with Gasteiger partial charge in [-0.25, -0.2) is 0 Å². The van der Waals surface area contributed by atoms with E-state index in [1.165, 1.54) is 27.5 Å². The molecule has 0 saturated heterocycles. The number of rotatable bonds is 7. The molecule has 0 heterocycles. The maximum atomic E-state index is 2.31. The van der Waals surface area contributed by atoms with E-state index in [9.17, 15) is 0 Å². The Bertz CT molecular complexity index is 518. The van der Waals surface area contributed by atoms with Crippen LogP contribution in [0.15, 0.2) is 80.8 Å². The summed E-state index contributed by atoms with van der Waals surface area (Å²) in [7, 11) is 0. The summed E-state index contributed by atoms with van der Waals surface area (Å²) in [5.41, 5.74) is 0. The quantitative estimate of drug-likeness (QED) is 0.528. The average Bonchev–Trinajstić information content (AvgIpc) is 2.52. The molecule has 0 radical (unpaired) electrons. The van der Waals surface area contributed by atoms with Gasteiger partial charge in [0.1, 0.15) is 0 Å². The van der Waals surface area contributed by atoms with Crippen molar-refractivity contribution in [3.05, 3.63) is 71.0 Å². The molecule has 0 N–H and O–H groups in total. The van der Waals surface area contributed by atoms with Gasteiger partial charge in [0.25, 0.3) is 0 Å². The minimum absolute atomic E-state index is 1.16. The molecule has 2 rings (SSSR count). The van der Waals surface area contributed by atoms with Gasteiger partial charge in [0, 0.05) is 9.79 Å². The van der Waals surface area contributed by atoms with Crippen molar-refractivity contribution in [1.82, 2.24) is 0 Å². The third-order valence-electron chi connectivity index (χ3n) is 2.84. The molecule has 0 aliphatic rings. The molecule has 104 valence electrons. The summed E-state index contributed by atoms with van der Waals surface area (Å²) in [6.07, 6.45) is 3.65. The molecule has 0 aromatic heterocycles. The number of allylic oxidation sites excluding steroid dienone is 1. The summed E-state index contributed by atoms with van der Waals surface area (Å²) >= 11 is 3.70. The molecule has 0 aliphatic heterocycles. The highest BCUT2D eigenvalue weighted by Crippen LogP contribution is 2.33. The van der Waals surface area contributed by atoms with Gasteiger partial charge < -0.3 is 0 Å². The SMILES string of the molecule is CCCC/C(=C\Sc1ccccc1)Sc1ccccc1. The Hall–Kier alpha value is -1.12. The first-order valence-electron chi connectivity index (χ1n) is 7.02. The van der Waals surface area contributed by atoms with Crippen molar-refractivity contribution in [3.8, 4) is 0 Å². The van der Waals surface area contributed by atoms with Crippen molar-refractivity contribution >= 4 is 23.5 Å². The molecule has 0 nitrogen and oxygen atoms in total. The lowest BCUT2D eigenvalue weighted by atomic mass is 10.2. The molecule has 0 amide bonds. The number of thioether (sulfide) groups is 2. The van der Waals surface area contributed by atoms with E-state index in [-0.39, 0.29) is 0 Å². The van der Waals surface area contributed by atoms with Gasteiger partial charge in [-0.2, -0.15) is 0 Å². The van der Waals surface area contributed by atoms with Crippen LogP contribution in [0.2, 0.25) is 0 Å². The van der Waals surface area contributed by atoms with E-state index in [2.05, 4.69) is 73.0 Å². The van der Waals surface area contributed by atoms with Crippen LogP contribution in [0.4, 0.5) is 0 Å². The standard InChI is InChI=1S/C18H20S2/c1-2-3-10-18(20-17-13-8-5-9-14-17)15-19-16-11-6-4-7-12-16/h4-9,11-15H,2-3,10H2,1H3/b18-15+. The van der Waals surface area contributed by atoms with Crippen LogP contribution < -0.4 is 0 Å². The van der Waals surface area contributed by atoms with Crippen LogP contribution in [0.5, 0.6) is 0 Å². The average molecular weight is 300 g/mol. The number of benzene rings is 2. The fourth-order valence-corrected chi connectivity index (χ4v) is 3.64. The smallest absolute Gasteiger partial charge is 0.0119 e. The highest BCUT2D eigenvalue weighted by Gasteiger charge is 2.01. The lowest BCUT2D eigenvalue weighted by Crippen LogP contribution is -1.79. The molecule has 0 bridgehead atoms. The second kappa shape index (κ2) is 8.93. The summed E-state index contributed by atoms with van der Waals surface area (Å²) in [5, 5.41) is 2.31. The van der Waals surface area contributed by atoms with Crippen LogP contribution in [0, 0.1) is 0 Å². The summed E-state index contributed by atoms with van der Waals surface area (Å²) in [6.45, 7) is 2.25. The zero-order valence-electron chi connectivity index (χ0n) is 11.8. The van der Waals surface area contributed by atoms with Gasteiger partial charge in [-0.3, -0.25) is 0 Å². The van der Waals surface area contributed by atoms with Crippen molar-refractivity contribution in [2.75, 3.05) is 0 Å². The molecule has 0 aliphatic carbocycles. The molecule has 2 aromatic carbocycles. The van der Waals surface area contributed by atoms with Crippen LogP contribution in [-0.2, 0) is 0 Å². The summed E-state index contributed by atoms with van der Waals surface area (Å²) in [4.78, 5) is 4.07. The lowest BCUT2D eigenvalue weighted by Gasteiger charge is -2.07. The number of unbranched alkanes of at least 4 members (excludes halogenated alkanes) is 1. The van der Waals surface area contributed by atoms with E-state index in [1.54, 1.807) is 0 Å². The highest BCUT2D eigenvalue weighted by molar-refractivity contribution is 8.06. The topological polar surface area (TPSA) is 0 Å². The second-order valence-corrected chi connectivity index (χ2v) is 6.68. The van der Waals surface area contributed by atoms with Crippen LogP contribution in [-0.4, -0.2) is 0 Å². The third kappa shape index (κ3) is 5.48. The molecular formula is C18H20S2. The minimum atomic E-state index is 1.16. The van der Waals surface area contributed by atoms with Crippen molar-refractivity contribution in [3.63, 3.8) is 0 Å². The molecule has 0 fully saturated rings. The summed E-state index contributed by atoms with van der Waals surface area (Å²) < 4.78 is 0. The van der Waals surface area contributed by atoms with E-state index >= 15 is 0 Å². The van der Waals surface area contributed by atoms with Crippen LogP contribution in [0.3, 0.4) is 0 Å². The molecule has 2 heteroatoms. The fourth-order valence-electron chi connectivity index (χ4n) is 1.76. The van der Waals surface area contributed by atoms with E-state index < -0.39 is 0 Å². The van der Waals surface area contributed by atoms with Crippen molar-refractivity contribution < 1.29 is 0 Å². The Morgan fingerprint density at radius 1 is 0.900 bits per heavy atom. The monoisotopic (exact) mass is 300 g/mol. The Morgan fingerprint density at radius 3 is 2.10 bits per heavy atom. The third-order valence-corrected chi connectivity index (χ3v) is 5.03. The van der Waals surface area contributed by atoms with E-state index in [1.807, 2.05) is 23.5 Å². The molecule has 2 aromatic rings. The van der Waals surface area contributed by atoms with Crippen LogP contribution >= 0.6 is 23.5 Å². The molecule has 0 spiro atoms. The van der Waals surface area contributed by atoms with Crippen molar-refractivity contribution in [2.45, 2.75) is 36.0 Å². The minimum Gasteiger partial charge on any atom is -0.0972 e. The van der Waals surface area contributed by atoms with Gasteiger partial charge in [0.2, 0.25) is 0 Å². The molecule has 20 heavy (non-hydrogen) atoms. The van der Waals surface area contributed by atoms with Gasteiger partial charge in [-0.15, -0.1) is 0 Å². The summed E-state index contributed by atoms with van der Waals surface area (Å²) in [6, 6.07) is 21.2. The van der Waals surface area contributed by atoms with Crippen LogP contribution in [0.1, 0.15) is 26.2 Å². The molecular weight excluding hydrogens is 280 g/mol. The van der Waals surface area contributed by atoms with Gasteiger partial charge in [0.05, 0.1) is 0 Å². The maximum Gasteiger partial charge on any atom is 0.0119 e. The second-order valence-electron chi connectivity index (χ2n) is 4.53. The van der Waals surface area contributed by atoms with Gasteiger partial charge in [-0.05, 0) is 47.4 Å². The van der Waals surface area contributed by atoms with Gasteiger partial charge in [-0.1, -0.05) is 73.3 Å². The van der Waals surface area contributed by atoms with Crippen LogP contribution in [0.25, 0.3) is 0 Å². The molecule has 0 atom stereocenters. The largest absolute Gasteiger partial charge is 0.0972 e. The maximum absolute atomic E-state index is 2.31. The van der Waals surface area contributed by atoms with E-state index in [0.29, 0.717) is 0 Å². The normalized spacial score (nSPS) is 11.6. The fraction of sp³-hybridized carbons (Fsp3) is 0.222.